The van der Waals surface area contributed by atoms with Crippen molar-refractivity contribution >= 4 is 26.0 Å². The zero-order valence-electron chi connectivity index (χ0n) is 11.0. The fourth-order valence-corrected chi connectivity index (χ4v) is 5.26. The number of hydrogen-bond donors (Lipinski definition) is 0. The molecule has 2 rings (SSSR count). The molecule has 0 saturated heterocycles. The maximum atomic E-state index is 12.6. The van der Waals surface area contributed by atoms with Crippen LogP contribution in [0.2, 0.25) is 0 Å². The van der Waals surface area contributed by atoms with Crippen LogP contribution in [-0.4, -0.2) is 29.8 Å². The van der Waals surface area contributed by atoms with Gasteiger partial charge in [0.15, 0.2) is 0 Å². The molecule has 1 aromatic rings. The molecule has 1 aliphatic carbocycles. The van der Waals surface area contributed by atoms with E-state index >= 15 is 0 Å². The smallest absolute Gasteiger partial charge is 0.212 e. The van der Waals surface area contributed by atoms with Gasteiger partial charge in [0.1, 0.15) is 0 Å². The lowest BCUT2D eigenvalue weighted by Gasteiger charge is -2.25. The van der Waals surface area contributed by atoms with Gasteiger partial charge in [0, 0.05) is 18.4 Å². The molecule has 0 spiro atoms. The minimum Gasteiger partial charge on any atom is -0.212 e. The monoisotopic (exact) mass is 345 g/mol. The molecule has 0 amide bonds. The number of alkyl halides is 1. The molecule has 0 aliphatic heterocycles. The van der Waals surface area contributed by atoms with Crippen LogP contribution in [0.1, 0.15) is 31.2 Å². The lowest BCUT2D eigenvalue weighted by atomic mass is 10.2. The van der Waals surface area contributed by atoms with Crippen LogP contribution in [-0.2, 0) is 16.6 Å². The summed E-state index contributed by atoms with van der Waals surface area (Å²) >= 11 is 3.36. The quantitative estimate of drug-likeness (QED) is 0.742. The fourth-order valence-electron chi connectivity index (χ4n) is 2.57. The Labute approximate surface area is 124 Å². The Morgan fingerprint density at radius 2 is 1.79 bits per heavy atom. The van der Waals surface area contributed by atoms with Crippen molar-refractivity contribution in [2.75, 3.05) is 11.9 Å². The Hall–Kier alpha value is -0.390. The van der Waals surface area contributed by atoms with Gasteiger partial charge in [-0.15, -0.1) is 0 Å². The first-order chi connectivity index (χ1) is 9.14. The van der Waals surface area contributed by atoms with Gasteiger partial charge < -0.3 is 0 Å². The molecule has 1 fully saturated rings. The first kappa shape index (κ1) is 15.0. The molecule has 1 aromatic carbocycles. The number of halogens is 1. The minimum absolute atomic E-state index is 0.171. The summed E-state index contributed by atoms with van der Waals surface area (Å²) in [5.41, 5.74) is 1.05. The predicted molar refractivity (Wildman–Crippen MR) is 81.8 cm³/mol. The second kappa shape index (κ2) is 6.86. The molecule has 0 heterocycles. The SMILES string of the molecule is O=S(=O)(C1CCCC1)N(CCBr)Cc1ccccc1. The molecule has 106 valence electrons. The highest BCUT2D eigenvalue weighted by atomic mass is 79.9. The molecule has 0 N–H and O–H groups in total. The summed E-state index contributed by atoms with van der Waals surface area (Å²) in [7, 11) is -3.16. The molecule has 3 nitrogen and oxygen atoms in total. The van der Waals surface area contributed by atoms with E-state index in [9.17, 15) is 8.42 Å². The Bertz CT molecular complexity index is 483. The Morgan fingerprint density at radius 1 is 1.16 bits per heavy atom. The molecule has 1 aliphatic rings. The second-order valence-electron chi connectivity index (χ2n) is 4.96. The highest BCUT2D eigenvalue weighted by Crippen LogP contribution is 2.28. The van der Waals surface area contributed by atoms with E-state index in [0.29, 0.717) is 18.4 Å². The highest BCUT2D eigenvalue weighted by molar-refractivity contribution is 9.09. The van der Waals surface area contributed by atoms with Gasteiger partial charge in [0.05, 0.1) is 5.25 Å². The van der Waals surface area contributed by atoms with Crippen LogP contribution >= 0.6 is 15.9 Å². The number of hydrogen-bond acceptors (Lipinski definition) is 2. The van der Waals surface area contributed by atoms with E-state index in [-0.39, 0.29) is 5.25 Å². The van der Waals surface area contributed by atoms with Crippen LogP contribution in [0.25, 0.3) is 0 Å². The zero-order chi connectivity index (χ0) is 13.7. The van der Waals surface area contributed by atoms with Crippen molar-refractivity contribution in [1.29, 1.82) is 0 Å². The van der Waals surface area contributed by atoms with E-state index in [4.69, 9.17) is 0 Å². The summed E-state index contributed by atoms with van der Waals surface area (Å²) in [6.07, 6.45) is 3.71. The normalized spacial score (nSPS) is 17.2. The van der Waals surface area contributed by atoms with Gasteiger partial charge in [-0.25, -0.2) is 8.42 Å². The molecule has 0 atom stereocenters. The highest BCUT2D eigenvalue weighted by Gasteiger charge is 2.33. The number of rotatable bonds is 6. The number of sulfonamides is 1. The molecule has 5 heteroatoms. The zero-order valence-corrected chi connectivity index (χ0v) is 13.4. The largest absolute Gasteiger partial charge is 0.217 e. The third-order valence-electron chi connectivity index (χ3n) is 3.62. The number of nitrogens with zero attached hydrogens (tertiary/aromatic N) is 1. The van der Waals surface area contributed by atoms with Crippen molar-refractivity contribution in [3.8, 4) is 0 Å². The van der Waals surface area contributed by atoms with Crippen molar-refractivity contribution in [2.24, 2.45) is 0 Å². The van der Waals surface area contributed by atoms with Crippen molar-refractivity contribution < 1.29 is 8.42 Å². The van der Waals surface area contributed by atoms with Gasteiger partial charge in [-0.05, 0) is 18.4 Å². The first-order valence-electron chi connectivity index (χ1n) is 6.73. The molecular weight excluding hydrogens is 326 g/mol. The summed E-state index contributed by atoms with van der Waals surface area (Å²) in [6, 6.07) is 9.80. The van der Waals surface area contributed by atoms with Crippen LogP contribution in [0.3, 0.4) is 0 Å². The Balaban J connectivity index is 2.15. The third-order valence-corrected chi connectivity index (χ3v) is 6.32. The van der Waals surface area contributed by atoms with E-state index in [2.05, 4.69) is 15.9 Å². The van der Waals surface area contributed by atoms with Crippen LogP contribution in [0.4, 0.5) is 0 Å². The maximum Gasteiger partial charge on any atom is 0.217 e. The standard InChI is InChI=1S/C14H20BrNO2S/c15-10-11-16(12-13-6-2-1-3-7-13)19(17,18)14-8-4-5-9-14/h1-3,6-7,14H,4-5,8-12H2. The van der Waals surface area contributed by atoms with Crippen LogP contribution < -0.4 is 0 Å². The van der Waals surface area contributed by atoms with Gasteiger partial charge in [-0.2, -0.15) is 4.31 Å². The first-order valence-corrected chi connectivity index (χ1v) is 9.36. The lowest BCUT2D eigenvalue weighted by molar-refractivity contribution is 0.417. The van der Waals surface area contributed by atoms with Gasteiger partial charge in [-0.1, -0.05) is 59.1 Å². The van der Waals surface area contributed by atoms with Crippen LogP contribution in [0, 0.1) is 0 Å². The average Bonchev–Trinajstić information content (AvgIpc) is 2.94. The molecule has 0 unspecified atom stereocenters. The summed E-state index contributed by atoms with van der Waals surface area (Å²) in [5.74, 6) is 0. The lowest BCUT2D eigenvalue weighted by Crippen LogP contribution is -2.38. The van der Waals surface area contributed by atoms with Crippen molar-refractivity contribution in [1.82, 2.24) is 4.31 Å². The molecule has 1 saturated carbocycles. The van der Waals surface area contributed by atoms with E-state index in [1.807, 2.05) is 30.3 Å². The topological polar surface area (TPSA) is 37.4 Å². The molecule has 0 radical (unpaired) electrons. The molecule has 0 bridgehead atoms. The fraction of sp³-hybridized carbons (Fsp3) is 0.571. The van der Waals surface area contributed by atoms with Gasteiger partial charge in [0.25, 0.3) is 0 Å². The average molecular weight is 346 g/mol. The van der Waals surface area contributed by atoms with Crippen LogP contribution in [0.5, 0.6) is 0 Å². The number of benzene rings is 1. The van der Waals surface area contributed by atoms with Crippen molar-refractivity contribution in [3.05, 3.63) is 35.9 Å². The van der Waals surface area contributed by atoms with E-state index in [1.54, 1.807) is 4.31 Å². The van der Waals surface area contributed by atoms with Crippen LogP contribution in [0.15, 0.2) is 30.3 Å². The summed E-state index contributed by atoms with van der Waals surface area (Å²) in [5, 5.41) is 0.501. The van der Waals surface area contributed by atoms with Gasteiger partial charge in [-0.3, -0.25) is 0 Å². The molecule has 0 aromatic heterocycles. The Morgan fingerprint density at radius 3 is 2.37 bits per heavy atom. The van der Waals surface area contributed by atoms with Gasteiger partial charge >= 0.3 is 0 Å². The molecule has 19 heavy (non-hydrogen) atoms. The van der Waals surface area contributed by atoms with E-state index in [0.717, 1.165) is 31.2 Å². The van der Waals surface area contributed by atoms with Gasteiger partial charge in [0.2, 0.25) is 10.0 Å². The Kier molecular flexibility index (Phi) is 5.42. The van der Waals surface area contributed by atoms with E-state index in [1.165, 1.54) is 0 Å². The predicted octanol–water partition coefficient (Wildman–Crippen LogP) is 3.16. The van der Waals surface area contributed by atoms with E-state index < -0.39 is 10.0 Å². The van der Waals surface area contributed by atoms with Crippen molar-refractivity contribution in [3.63, 3.8) is 0 Å². The van der Waals surface area contributed by atoms with Crippen molar-refractivity contribution in [2.45, 2.75) is 37.5 Å². The maximum absolute atomic E-state index is 12.6. The minimum atomic E-state index is -3.16. The third kappa shape index (κ3) is 3.80. The second-order valence-corrected chi connectivity index (χ2v) is 7.97. The molecular formula is C14H20BrNO2S. The summed E-state index contributed by atoms with van der Waals surface area (Å²) < 4.78 is 26.9. The summed E-state index contributed by atoms with van der Waals surface area (Å²) in [4.78, 5) is 0. The summed E-state index contributed by atoms with van der Waals surface area (Å²) in [6.45, 7) is 1.01.